The summed E-state index contributed by atoms with van der Waals surface area (Å²) in [5.74, 6) is 0.222. The van der Waals surface area contributed by atoms with E-state index in [-0.39, 0.29) is 36.8 Å². The molecule has 1 atom stereocenters. The van der Waals surface area contributed by atoms with E-state index in [0.717, 1.165) is 52.2 Å². The van der Waals surface area contributed by atoms with Crippen LogP contribution < -0.4 is 5.73 Å². The Bertz CT molecular complexity index is 267. The Balaban J connectivity index is 0. The number of carbonyl (C=O) groups excluding carboxylic acids is 1. The summed E-state index contributed by atoms with van der Waals surface area (Å²) in [6, 6.07) is 0. The van der Waals surface area contributed by atoms with Gasteiger partial charge in [0.25, 0.3) is 0 Å². The van der Waals surface area contributed by atoms with Gasteiger partial charge >= 0.3 is 0 Å². The normalized spacial score (nSPS) is 17.5. The van der Waals surface area contributed by atoms with Crippen LogP contribution in [0.1, 0.15) is 33.1 Å². The lowest BCUT2D eigenvalue weighted by Crippen LogP contribution is -2.32. The molecule has 5 nitrogen and oxygen atoms in total. The standard InChI is InChI=1S/C14H29N3O2.2ClH/c1-3-16(4-2)10-11-19-13-7-9-17(12-13)14(18)6-5-8-15;;/h13H,3-12,15H2,1-2H3;2*1H. The Labute approximate surface area is 141 Å². The number of rotatable bonds is 9. The summed E-state index contributed by atoms with van der Waals surface area (Å²) in [7, 11) is 0. The quantitative estimate of drug-likeness (QED) is 0.689. The van der Waals surface area contributed by atoms with Gasteiger partial charge in [0, 0.05) is 26.1 Å². The summed E-state index contributed by atoms with van der Waals surface area (Å²) in [4.78, 5) is 16.1. The second-order valence-corrected chi connectivity index (χ2v) is 5.04. The lowest BCUT2D eigenvalue weighted by Gasteiger charge is -2.20. The van der Waals surface area contributed by atoms with E-state index in [2.05, 4.69) is 18.7 Å². The van der Waals surface area contributed by atoms with Gasteiger partial charge in [0.1, 0.15) is 0 Å². The predicted molar refractivity (Wildman–Crippen MR) is 91.5 cm³/mol. The van der Waals surface area contributed by atoms with Crippen LogP contribution in [0.25, 0.3) is 0 Å². The molecular formula is C14H31Cl2N3O2. The van der Waals surface area contributed by atoms with Gasteiger partial charge in [-0.05, 0) is 32.5 Å². The predicted octanol–water partition coefficient (Wildman–Crippen LogP) is 1.53. The Morgan fingerprint density at radius 1 is 1.33 bits per heavy atom. The van der Waals surface area contributed by atoms with Crippen LogP contribution in [0.2, 0.25) is 0 Å². The third kappa shape index (κ3) is 8.83. The molecule has 0 spiro atoms. The summed E-state index contributed by atoms with van der Waals surface area (Å²) < 4.78 is 5.86. The molecule has 0 bridgehead atoms. The van der Waals surface area contributed by atoms with Gasteiger partial charge in [0.2, 0.25) is 5.91 Å². The number of nitrogens with two attached hydrogens (primary N) is 1. The van der Waals surface area contributed by atoms with Crippen molar-refractivity contribution in [3.05, 3.63) is 0 Å². The molecule has 0 radical (unpaired) electrons. The van der Waals surface area contributed by atoms with E-state index < -0.39 is 0 Å². The molecular weight excluding hydrogens is 313 g/mol. The zero-order valence-corrected chi connectivity index (χ0v) is 14.9. The number of carbonyl (C=O) groups is 1. The largest absolute Gasteiger partial charge is 0.375 e. The van der Waals surface area contributed by atoms with Crippen LogP contribution in [0, 0.1) is 0 Å². The van der Waals surface area contributed by atoms with Crippen LogP contribution in [0.4, 0.5) is 0 Å². The number of likely N-dealkylation sites (N-methyl/N-ethyl adjacent to an activating group) is 1. The highest BCUT2D eigenvalue weighted by molar-refractivity contribution is 5.85. The van der Waals surface area contributed by atoms with E-state index >= 15 is 0 Å². The van der Waals surface area contributed by atoms with Crippen molar-refractivity contribution in [1.82, 2.24) is 9.80 Å². The van der Waals surface area contributed by atoms with Gasteiger partial charge in [-0.3, -0.25) is 4.79 Å². The molecule has 128 valence electrons. The van der Waals surface area contributed by atoms with Crippen molar-refractivity contribution >= 4 is 30.7 Å². The minimum Gasteiger partial charge on any atom is -0.375 e. The summed E-state index contributed by atoms with van der Waals surface area (Å²) in [6.07, 6.45) is 2.54. The molecule has 1 unspecified atom stereocenters. The molecule has 7 heteroatoms. The maximum absolute atomic E-state index is 11.8. The molecule has 1 aliphatic rings. The van der Waals surface area contributed by atoms with Gasteiger partial charge in [-0.15, -0.1) is 24.8 Å². The van der Waals surface area contributed by atoms with Gasteiger partial charge in [-0.2, -0.15) is 0 Å². The first-order valence-electron chi connectivity index (χ1n) is 7.53. The molecule has 1 aliphatic heterocycles. The first-order chi connectivity index (χ1) is 9.21. The van der Waals surface area contributed by atoms with E-state index in [0.29, 0.717) is 13.0 Å². The molecule has 1 heterocycles. The van der Waals surface area contributed by atoms with Crippen molar-refractivity contribution in [3.63, 3.8) is 0 Å². The maximum Gasteiger partial charge on any atom is 0.222 e. The minimum atomic E-state index is 0. The fourth-order valence-electron chi connectivity index (χ4n) is 2.39. The number of ether oxygens (including phenoxy) is 1. The Hall–Kier alpha value is -0.0700. The number of amides is 1. The lowest BCUT2D eigenvalue weighted by molar-refractivity contribution is -0.130. The monoisotopic (exact) mass is 343 g/mol. The molecule has 1 amide bonds. The average molecular weight is 344 g/mol. The first kappa shape index (κ1) is 23.2. The van der Waals surface area contributed by atoms with Crippen molar-refractivity contribution in [2.24, 2.45) is 5.73 Å². The summed E-state index contributed by atoms with van der Waals surface area (Å²) >= 11 is 0. The Morgan fingerprint density at radius 2 is 2.00 bits per heavy atom. The van der Waals surface area contributed by atoms with E-state index in [9.17, 15) is 4.79 Å². The number of nitrogens with zero attached hydrogens (tertiary/aromatic N) is 2. The zero-order valence-electron chi connectivity index (χ0n) is 13.3. The number of likely N-dealkylation sites (tertiary alicyclic amines) is 1. The fourth-order valence-corrected chi connectivity index (χ4v) is 2.39. The minimum absolute atomic E-state index is 0. The van der Waals surface area contributed by atoms with Crippen LogP contribution in [0.3, 0.4) is 0 Å². The third-order valence-electron chi connectivity index (χ3n) is 3.75. The van der Waals surface area contributed by atoms with Crippen LogP contribution in [-0.2, 0) is 9.53 Å². The fraction of sp³-hybridized carbons (Fsp3) is 0.929. The molecule has 0 aliphatic carbocycles. The van der Waals surface area contributed by atoms with Crippen LogP contribution in [0.15, 0.2) is 0 Å². The molecule has 1 rings (SSSR count). The SMILES string of the molecule is CCN(CC)CCOC1CCN(C(=O)CCCN)C1.Cl.Cl. The maximum atomic E-state index is 11.8. The molecule has 1 fully saturated rings. The molecule has 0 aromatic heterocycles. The first-order valence-corrected chi connectivity index (χ1v) is 7.53. The van der Waals surface area contributed by atoms with Crippen molar-refractivity contribution in [2.75, 3.05) is 45.9 Å². The summed E-state index contributed by atoms with van der Waals surface area (Å²) in [5.41, 5.74) is 5.42. The third-order valence-corrected chi connectivity index (χ3v) is 3.75. The number of hydrogen-bond donors (Lipinski definition) is 1. The highest BCUT2D eigenvalue weighted by atomic mass is 35.5. The average Bonchev–Trinajstić information content (AvgIpc) is 2.90. The smallest absolute Gasteiger partial charge is 0.222 e. The molecule has 2 N–H and O–H groups in total. The molecule has 21 heavy (non-hydrogen) atoms. The van der Waals surface area contributed by atoms with Crippen molar-refractivity contribution in [1.29, 1.82) is 0 Å². The molecule has 0 saturated carbocycles. The van der Waals surface area contributed by atoms with Crippen molar-refractivity contribution in [3.8, 4) is 0 Å². The zero-order chi connectivity index (χ0) is 14.1. The highest BCUT2D eigenvalue weighted by Crippen LogP contribution is 2.14. The Kier molecular flexibility index (Phi) is 15.0. The second kappa shape index (κ2) is 13.6. The van der Waals surface area contributed by atoms with Gasteiger partial charge in [0.05, 0.1) is 12.7 Å². The lowest BCUT2D eigenvalue weighted by atomic mass is 10.3. The van der Waals surface area contributed by atoms with E-state index in [4.69, 9.17) is 10.5 Å². The number of halogens is 2. The molecule has 1 saturated heterocycles. The van der Waals surface area contributed by atoms with Crippen LogP contribution in [0.5, 0.6) is 0 Å². The summed E-state index contributed by atoms with van der Waals surface area (Å²) in [5, 5.41) is 0. The van der Waals surface area contributed by atoms with E-state index in [1.54, 1.807) is 0 Å². The van der Waals surface area contributed by atoms with Crippen LogP contribution >= 0.6 is 24.8 Å². The summed E-state index contributed by atoms with van der Waals surface area (Å²) in [6.45, 7) is 10.4. The van der Waals surface area contributed by atoms with Crippen molar-refractivity contribution < 1.29 is 9.53 Å². The molecule has 0 aromatic carbocycles. The van der Waals surface area contributed by atoms with Gasteiger partial charge in [-0.1, -0.05) is 13.8 Å². The second-order valence-electron chi connectivity index (χ2n) is 5.04. The van der Waals surface area contributed by atoms with Crippen molar-refractivity contribution in [2.45, 2.75) is 39.2 Å². The highest BCUT2D eigenvalue weighted by Gasteiger charge is 2.26. The van der Waals surface area contributed by atoms with Crippen LogP contribution in [-0.4, -0.2) is 67.7 Å². The van der Waals surface area contributed by atoms with Gasteiger partial charge in [0.15, 0.2) is 0 Å². The van der Waals surface area contributed by atoms with Gasteiger partial charge in [-0.25, -0.2) is 0 Å². The van der Waals surface area contributed by atoms with E-state index in [1.807, 2.05) is 4.90 Å². The van der Waals surface area contributed by atoms with Gasteiger partial charge < -0.3 is 20.3 Å². The topological polar surface area (TPSA) is 58.8 Å². The Morgan fingerprint density at radius 3 is 2.57 bits per heavy atom. The number of hydrogen-bond acceptors (Lipinski definition) is 4. The van der Waals surface area contributed by atoms with E-state index in [1.165, 1.54) is 0 Å². The molecule has 0 aromatic rings.